The fourth-order valence-electron chi connectivity index (χ4n) is 1.95. The predicted octanol–water partition coefficient (Wildman–Crippen LogP) is 4.66. The molecule has 0 saturated carbocycles. The third-order valence-corrected chi connectivity index (χ3v) is 3.50. The van der Waals surface area contributed by atoms with E-state index in [4.69, 9.17) is 32.7 Å². The number of carbonyl (C=O) groups excluding carboxylic acids is 1. The Morgan fingerprint density at radius 2 is 1.61 bits per heavy atom. The normalized spacial score (nSPS) is 10.6. The Bertz CT molecular complexity index is 745. The number of halogens is 2. The van der Waals surface area contributed by atoms with Crippen molar-refractivity contribution in [1.29, 1.82) is 0 Å². The van der Waals surface area contributed by atoms with E-state index in [0.29, 0.717) is 32.8 Å². The summed E-state index contributed by atoms with van der Waals surface area (Å²) in [7, 11) is 3.07. The maximum Gasteiger partial charge on any atom is 0.248 e. The first-order valence-electron chi connectivity index (χ1n) is 6.69. The molecule has 0 aromatic heterocycles. The van der Waals surface area contributed by atoms with E-state index in [1.165, 1.54) is 13.2 Å². The summed E-state index contributed by atoms with van der Waals surface area (Å²) in [5.74, 6) is 0.822. The van der Waals surface area contributed by atoms with Crippen molar-refractivity contribution in [2.75, 3.05) is 19.5 Å². The van der Waals surface area contributed by atoms with Crippen LogP contribution in [-0.4, -0.2) is 20.1 Å². The minimum absolute atomic E-state index is 0.326. The second-order valence-electron chi connectivity index (χ2n) is 4.55. The van der Waals surface area contributed by atoms with Crippen LogP contribution in [0.4, 0.5) is 5.69 Å². The molecular formula is C17H15Cl2NO3. The number of nitrogens with one attached hydrogen (secondary N) is 1. The monoisotopic (exact) mass is 351 g/mol. The van der Waals surface area contributed by atoms with E-state index in [9.17, 15) is 4.79 Å². The summed E-state index contributed by atoms with van der Waals surface area (Å²) in [4.78, 5) is 12.1. The van der Waals surface area contributed by atoms with Crippen molar-refractivity contribution in [3.63, 3.8) is 0 Å². The standard InChI is InChI=1S/C17H15Cl2NO3/c1-22-15-6-4-12(18)9-11(15)3-8-17(21)20-14-10-13(19)5-7-16(14)23-2/h3-10H,1-2H3,(H,20,21)/b8-3+. The molecule has 1 N–H and O–H groups in total. The summed E-state index contributed by atoms with van der Waals surface area (Å²) >= 11 is 11.9. The first-order valence-corrected chi connectivity index (χ1v) is 7.45. The van der Waals surface area contributed by atoms with Crippen LogP contribution in [0.25, 0.3) is 6.08 Å². The Kier molecular flexibility index (Phi) is 5.90. The van der Waals surface area contributed by atoms with Gasteiger partial charge in [-0.05, 0) is 42.5 Å². The molecule has 0 aliphatic heterocycles. The molecule has 120 valence electrons. The molecule has 0 bridgehead atoms. The van der Waals surface area contributed by atoms with E-state index in [1.807, 2.05) is 0 Å². The first-order chi connectivity index (χ1) is 11.0. The first kappa shape index (κ1) is 17.2. The zero-order chi connectivity index (χ0) is 16.8. The van der Waals surface area contributed by atoms with Crippen LogP contribution >= 0.6 is 23.2 Å². The quantitative estimate of drug-likeness (QED) is 0.796. The highest BCUT2D eigenvalue weighted by Crippen LogP contribution is 2.28. The zero-order valence-corrected chi connectivity index (χ0v) is 14.1. The molecule has 23 heavy (non-hydrogen) atoms. The van der Waals surface area contributed by atoms with Crippen molar-refractivity contribution in [2.24, 2.45) is 0 Å². The summed E-state index contributed by atoms with van der Waals surface area (Å²) in [5.41, 5.74) is 1.20. The molecule has 0 aliphatic rings. The van der Waals surface area contributed by atoms with Crippen LogP contribution in [-0.2, 0) is 4.79 Å². The Labute approximate surface area is 144 Å². The molecule has 0 radical (unpaired) electrons. The van der Waals surface area contributed by atoms with Gasteiger partial charge in [0.25, 0.3) is 0 Å². The maximum atomic E-state index is 12.1. The van der Waals surface area contributed by atoms with Crippen molar-refractivity contribution in [3.8, 4) is 11.5 Å². The molecule has 1 amide bonds. The lowest BCUT2D eigenvalue weighted by molar-refractivity contribution is -0.111. The van der Waals surface area contributed by atoms with Crippen molar-refractivity contribution >= 4 is 40.9 Å². The summed E-state index contributed by atoms with van der Waals surface area (Å²) in [6.45, 7) is 0. The van der Waals surface area contributed by atoms with Gasteiger partial charge in [-0.1, -0.05) is 23.2 Å². The summed E-state index contributed by atoms with van der Waals surface area (Å²) < 4.78 is 10.4. The van der Waals surface area contributed by atoms with Crippen molar-refractivity contribution in [1.82, 2.24) is 0 Å². The smallest absolute Gasteiger partial charge is 0.248 e. The van der Waals surface area contributed by atoms with Crippen LogP contribution < -0.4 is 14.8 Å². The Hall–Kier alpha value is -2.17. The fourth-order valence-corrected chi connectivity index (χ4v) is 2.31. The number of ether oxygens (including phenoxy) is 2. The minimum atomic E-state index is -0.326. The predicted molar refractivity (Wildman–Crippen MR) is 93.7 cm³/mol. The molecule has 0 saturated heterocycles. The van der Waals surface area contributed by atoms with Crippen LogP contribution in [0.1, 0.15) is 5.56 Å². The fraction of sp³-hybridized carbons (Fsp3) is 0.118. The van der Waals surface area contributed by atoms with Gasteiger partial charge in [0.2, 0.25) is 5.91 Å². The van der Waals surface area contributed by atoms with E-state index >= 15 is 0 Å². The number of anilines is 1. The SMILES string of the molecule is COc1ccc(Cl)cc1/C=C/C(=O)Nc1cc(Cl)ccc1OC. The lowest BCUT2D eigenvalue weighted by atomic mass is 10.2. The van der Waals surface area contributed by atoms with Gasteiger partial charge in [0.05, 0.1) is 19.9 Å². The molecule has 0 spiro atoms. The molecule has 0 fully saturated rings. The third-order valence-electron chi connectivity index (χ3n) is 3.03. The largest absolute Gasteiger partial charge is 0.496 e. The van der Waals surface area contributed by atoms with E-state index in [0.717, 1.165) is 0 Å². The second kappa shape index (κ2) is 7.90. The van der Waals surface area contributed by atoms with E-state index in [1.54, 1.807) is 49.6 Å². The van der Waals surface area contributed by atoms with Crippen LogP contribution in [0, 0.1) is 0 Å². The molecule has 0 heterocycles. The third kappa shape index (κ3) is 4.65. The average Bonchev–Trinajstić information content (AvgIpc) is 2.53. The van der Waals surface area contributed by atoms with Crippen molar-refractivity contribution in [3.05, 3.63) is 58.1 Å². The Morgan fingerprint density at radius 3 is 2.26 bits per heavy atom. The topological polar surface area (TPSA) is 47.6 Å². The van der Waals surface area contributed by atoms with Crippen LogP contribution in [0.5, 0.6) is 11.5 Å². The van der Waals surface area contributed by atoms with Crippen molar-refractivity contribution in [2.45, 2.75) is 0 Å². The summed E-state index contributed by atoms with van der Waals surface area (Å²) in [6.07, 6.45) is 3.01. The molecule has 2 rings (SSSR count). The molecule has 0 unspecified atom stereocenters. The van der Waals surface area contributed by atoms with E-state index < -0.39 is 0 Å². The molecule has 4 nitrogen and oxygen atoms in total. The Morgan fingerprint density at radius 1 is 1.00 bits per heavy atom. The highest BCUT2D eigenvalue weighted by atomic mass is 35.5. The number of benzene rings is 2. The number of hydrogen-bond donors (Lipinski definition) is 1. The van der Waals surface area contributed by atoms with Gasteiger partial charge in [0, 0.05) is 21.7 Å². The highest BCUT2D eigenvalue weighted by Gasteiger charge is 2.07. The molecule has 6 heteroatoms. The molecule has 2 aromatic carbocycles. The van der Waals surface area contributed by atoms with E-state index in [2.05, 4.69) is 5.32 Å². The summed E-state index contributed by atoms with van der Waals surface area (Å²) in [6, 6.07) is 10.1. The van der Waals surface area contributed by atoms with Gasteiger partial charge in [0.1, 0.15) is 11.5 Å². The molecule has 2 aromatic rings. The molecule has 0 atom stereocenters. The van der Waals surface area contributed by atoms with Crippen LogP contribution in [0.2, 0.25) is 10.0 Å². The number of methoxy groups -OCH3 is 2. The van der Waals surface area contributed by atoms with Gasteiger partial charge in [-0.25, -0.2) is 0 Å². The highest BCUT2D eigenvalue weighted by molar-refractivity contribution is 6.31. The minimum Gasteiger partial charge on any atom is -0.496 e. The molecule has 0 aliphatic carbocycles. The lowest BCUT2D eigenvalue weighted by Crippen LogP contribution is -2.08. The number of rotatable bonds is 5. The number of hydrogen-bond acceptors (Lipinski definition) is 3. The van der Waals surface area contributed by atoms with Gasteiger partial charge < -0.3 is 14.8 Å². The van der Waals surface area contributed by atoms with Gasteiger partial charge >= 0.3 is 0 Å². The summed E-state index contributed by atoms with van der Waals surface area (Å²) in [5, 5.41) is 3.77. The van der Waals surface area contributed by atoms with Crippen molar-refractivity contribution < 1.29 is 14.3 Å². The van der Waals surface area contributed by atoms with Gasteiger partial charge in [-0.15, -0.1) is 0 Å². The van der Waals surface area contributed by atoms with Gasteiger partial charge in [-0.2, -0.15) is 0 Å². The maximum absolute atomic E-state index is 12.1. The van der Waals surface area contributed by atoms with Crippen LogP contribution in [0.3, 0.4) is 0 Å². The van der Waals surface area contributed by atoms with Gasteiger partial charge in [0.15, 0.2) is 0 Å². The number of carbonyl (C=O) groups is 1. The van der Waals surface area contributed by atoms with E-state index in [-0.39, 0.29) is 5.91 Å². The molecular weight excluding hydrogens is 337 g/mol. The lowest BCUT2D eigenvalue weighted by Gasteiger charge is -2.09. The zero-order valence-electron chi connectivity index (χ0n) is 12.6. The second-order valence-corrected chi connectivity index (χ2v) is 5.43. The average molecular weight is 352 g/mol. The van der Waals surface area contributed by atoms with Crippen LogP contribution in [0.15, 0.2) is 42.5 Å². The van der Waals surface area contributed by atoms with Gasteiger partial charge in [-0.3, -0.25) is 4.79 Å². The number of amides is 1. The Balaban J connectivity index is 2.17.